The van der Waals surface area contributed by atoms with Crippen molar-refractivity contribution in [2.75, 3.05) is 13.7 Å². The lowest BCUT2D eigenvalue weighted by Crippen LogP contribution is -2.32. The van der Waals surface area contributed by atoms with Crippen LogP contribution in [0, 0.1) is 6.92 Å². The van der Waals surface area contributed by atoms with Gasteiger partial charge in [0, 0.05) is 0 Å². The molecule has 0 aliphatic carbocycles. The second-order valence-electron chi connectivity index (χ2n) is 6.53. The number of benzene rings is 2. The lowest BCUT2D eigenvalue weighted by atomic mass is 10.1. The second kappa shape index (κ2) is 8.71. The maximum Gasteiger partial charge on any atom is 0.261 e. The Kier molecular flexibility index (Phi) is 6.11. The molecule has 0 aliphatic rings. The fourth-order valence-electron chi connectivity index (χ4n) is 3.07. The summed E-state index contributed by atoms with van der Waals surface area (Å²) in [6.07, 6.45) is 1.67. The van der Waals surface area contributed by atoms with E-state index in [2.05, 4.69) is 11.6 Å². The van der Waals surface area contributed by atoms with E-state index in [1.165, 1.54) is 4.57 Å². The molecule has 28 heavy (non-hydrogen) atoms. The number of para-hydroxylation sites is 1. The van der Waals surface area contributed by atoms with Crippen LogP contribution in [0.3, 0.4) is 0 Å². The SMILES string of the molecule is C=CCc1ccc(OC[C@@H](O)Cn2c(C)nc3ccccc3c2=O)c(OC)c1. The topological polar surface area (TPSA) is 73.6 Å². The molecule has 3 rings (SSSR count). The van der Waals surface area contributed by atoms with Gasteiger partial charge in [-0.2, -0.15) is 0 Å². The summed E-state index contributed by atoms with van der Waals surface area (Å²) in [7, 11) is 1.57. The highest BCUT2D eigenvalue weighted by molar-refractivity contribution is 5.77. The fraction of sp³-hybridized carbons (Fsp3) is 0.273. The highest BCUT2D eigenvalue weighted by Crippen LogP contribution is 2.28. The second-order valence-corrected chi connectivity index (χ2v) is 6.53. The molecule has 0 aliphatic heterocycles. The molecule has 1 heterocycles. The summed E-state index contributed by atoms with van der Waals surface area (Å²) in [5.41, 5.74) is 1.54. The molecule has 2 aromatic carbocycles. The predicted octanol–water partition coefficient (Wildman–Crippen LogP) is 2.88. The number of methoxy groups -OCH3 is 1. The van der Waals surface area contributed by atoms with Crippen LogP contribution in [0.4, 0.5) is 0 Å². The van der Waals surface area contributed by atoms with Gasteiger partial charge in [0.25, 0.3) is 5.56 Å². The van der Waals surface area contributed by atoms with Gasteiger partial charge >= 0.3 is 0 Å². The minimum Gasteiger partial charge on any atom is -0.493 e. The Hall–Kier alpha value is -3.12. The lowest BCUT2D eigenvalue weighted by molar-refractivity contribution is 0.0894. The summed E-state index contributed by atoms with van der Waals surface area (Å²) in [4.78, 5) is 17.1. The van der Waals surface area contributed by atoms with Crippen LogP contribution in [0.25, 0.3) is 10.9 Å². The quantitative estimate of drug-likeness (QED) is 0.609. The first-order valence-corrected chi connectivity index (χ1v) is 9.08. The van der Waals surface area contributed by atoms with Gasteiger partial charge in [-0.1, -0.05) is 24.3 Å². The molecular formula is C22H24N2O4. The van der Waals surface area contributed by atoms with Crippen LogP contribution in [0.15, 0.2) is 59.9 Å². The number of rotatable bonds is 8. The number of fused-ring (bicyclic) bond motifs is 1. The molecule has 0 radical (unpaired) electrons. The molecule has 3 aromatic rings. The van der Waals surface area contributed by atoms with E-state index in [9.17, 15) is 9.90 Å². The highest BCUT2D eigenvalue weighted by atomic mass is 16.5. The Morgan fingerprint density at radius 2 is 2.04 bits per heavy atom. The molecule has 0 bridgehead atoms. The van der Waals surface area contributed by atoms with Gasteiger partial charge in [-0.15, -0.1) is 6.58 Å². The number of hydrogen-bond acceptors (Lipinski definition) is 5. The molecule has 0 unspecified atom stereocenters. The van der Waals surface area contributed by atoms with Gasteiger partial charge in [-0.05, 0) is 43.2 Å². The molecule has 0 saturated carbocycles. The van der Waals surface area contributed by atoms with Crippen LogP contribution in [-0.2, 0) is 13.0 Å². The van der Waals surface area contributed by atoms with Crippen molar-refractivity contribution in [3.63, 3.8) is 0 Å². The first-order valence-electron chi connectivity index (χ1n) is 9.08. The van der Waals surface area contributed by atoms with E-state index >= 15 is 0 Å². The molecule has 0 spiro atoms. The van der Waals surface area contributed by atoms with E-state index in [1.807, 2.05) is 24.3 Å². The van der Waals surface area contributed by atoms with Gasteiger partial charge in [-0.25, -0.2) is 4.98 Å². The molecule has 1 atom stereocenters. The summed E-state index contributed by atoms with van der Waals surface area (Å²) < 4.78 is 12.6. The van der Waals surface area contributed by atoms with E-state index in [4.69, 9.17) is 9.47 Å². The number of aliphatic hydroxyl groups excluding tert-OH is 1. The van der Waals surface area contributed by atoms with Crippen molar-refractivity contribution in [1.29, 1.82) is 0 Å². The summed E-state index contributed by atoms with van der Waals surface area (Å²) in [5, 5.41) is 10.9. The Balaban J connectivity index is 1.73. The molecule has 0 saturated heterocycles. The molecule has 1 aromatic heterocycles. The first kappa shape index (κ1) is 19.6. The largest absolute Gasteiger partial charge is 0.493 e. The molecule has 146 valence electrons. The third kappa shape index (κ3) is 4.23. The minimum absolute atomic E-state index is 0.0237. The van der Waals surface area contributed by atoms with E-state index in [1.54, 1.807) is 38.3 Å². The monoisotopic (exact) mass is 380 g/mol. The average Bonchev–Trinajstić information content (AvgIpc) is 2.70. The van der Waals surface area contributed by atoms with Crippen molar-refractivity contribution in [1.82, 2.24) is 9.55 Å². The number of allylic oxidation sites excluding steroid dienone is 1. The molecule has 1 N–H and O–H groups in total. The molecule has 6 nitrogen and oxygen atoms in total. The Labute approximate surface area is 163 Å². The van der Waals surface area contributed by atoms with Gasteiger partial charge in [0.1, 0.15) is 18.5 Å². The Morgan fingerprint density at radius 1 is 1.25 bits per heavy atom. The molecule has 0 fully saturated rings. The number of hydrogen-bond donors (Lipinski definition) is 1. The number of aromatic nitrogens is 2. The van der Waals surface area contributed by atoms with Crippen LogP contribution >= 0.6 is 0 Å². The third-order valence-electron chi connectivity index (χ3n) is 4.49. The van der Waals surface area contributed by atoms with Crippen LogP contribution in [0.1, 0.15) is 11.4 Å². The van der Waals surface area contributed by atoms with Crippen molar-refractivity contribution in [2.45, 2.75) is 26.0 Å². The summed E-state index contributed by atoms with van der Waals surface area (Å²) in [6, 6.07) is 12.8. The maximum atomic E-state index is 12.7. The summed E-state index contributed by atoms with van der Waals surface area (Å²) >= 11 is 0. The van der Waals surface area contributed by atoms with Gasteiger partial charge in [0.15, 0.2) is 11.5 Å². The Bertz CT molecular complexity index is 1040. The van der Waals surface area contributed by atoms with Crippen molar-refractivity contribution in [3.05, 3.63) is 76.9 Å². The van der Waals surface area contributed by atoms with E-state index in [0.717, 1.165) is 12.0 Å². The zero-order valence-corrected chi connectivity index (χ0v) is 16.1. The van der Waals surface area contributed by atoms with Crippen molar-refractivity contribution >= 4 is 10.9 Å². The van der Waals surface area contributed by atoms with Gasteiger partial charge in [0.2, 0.25) is 0 Å². The van der Waals surface area contributed by atoms with E-state index < -0.39 is 6.10 Å². The minimum atomic E-state index is -0.878. The molecular weight excluding hydrogens is 356 g/mol. The van der Waals surface area contributed by atoms with Gasteiger partial charge < -0.3 is 14.6 Å². The fourth-order valence-corrected chi connectivity index (χ4v) is 3.07. The van der Waals surface area contributed by atoms with Crippen LogP contribution < -0.4 is 15.0 Å². The maximum absolute atomic E-state index is 12.7. The normalized spacial score (nSPS) is 12.0. The average molecular weight is 380 g/mol. The first-order chi connectivity index (χ1) is 13.5. The predicted molar refractivity (Wildman–Crippen MR) is 109 cm³/mol. The van der Waals surface area contributed by atoms with Gasteiger partial charge in [0.05, 0.1) is 24.6 Å². The molecule has 6 heteroatoms. The highest BCUT2D eigenvalue weighted by Gasteiger charge is 2.14. The zero-order valence-electron chi connectivity index (χ0n) is 16.1. The zero-order chi connectivity index (χ0) is 20.1. The number of ether oxygens (including phenoxy) is 2. The van der Waals surface area contributed by atoms with Gasteiger partial charge in [-0.3, -0.25) is 9.36 Å². The van der Waals surface area contributed by atoms with Crippen LogP contribution in [0.5, 0.6) is 11.5 Å². The smallest absolute Gasteiger partial charge is 0.261 e. The van der Waals surface area contributed by atoms with Crippen molar-refractivity contribution in [3.8, 4) is 11.5 Å². The summed E-state index contributed by atoms with van der Waals surface area (Å²) in [5.74, 6) is 1.68. The van der Waals surface area contributed by atoms with Crippen LogP contribution in [0.2, 0.25) is 0 Å². The van der Waals surface area contributed by atoms with Crippen molar-refractivity contribution < 1.29 is 14.6 Å². The third-order valence-corrected chi connectivity index (χ3v) is 4.49. The summed E-state index contributed by atoms with van der Waals surface area (Å²) in [6.45, 7) is 5.60. The number of aliphatic hydroxyl groups is 1. The van der Waals surface area contributed by atoms with E-state index in [-0.39, 0.29) is 18.7 Å². The lowest BCUT2D eigenvalue weighted by Gasteiger charge is -2.17. The van der Waals surface area contributed by atoms with E-state index in [0.29, 0.717) is 28.2 Å². The molecule has 0 amide bonds. The number of nitrogens with zero attached hydrogens (tertiary/aromatic N) is 2. The van der Waals surface area contributed by atoms with Crippen LogP contribution in [-0.4, -0.2) is 34.5 Å². The van der Waals surface area contributed by atoms with Crippen molar-refractivity contribution in [2.24, 2.45) is 0 Å². The standard InChI is InChI=1S/C22H24N2O4/c1-4-7-16-10-11-20(21(12-16)27-3)28-14-17(25)13-24-15(2)23-19-9-6-5-8-18(19)22(24)26/h4-6,8-12,17,25H,1,7,13-14H2,2-3H3/t17-/m0/s1. The Morgan fingerprint density at radius 3 is 2.79 bits per heavy atom. The number of aryl methyl sites for hydroxylation is 1.